The van der Waals surface area contributed by atoms with Crippen LogP contribution >= 0.6 is 0 Å². The summed E-state index contributed by atoms with van der Waals surface area (Å²) in [5, 5.41) is 13.7. The molecule has 0 aliphatic rings. The van der Waals surface area contributed by atoms with E-state index in [1.807, 2.05) is 13.1 Å². The van der Waals surface area contributed by atoms with E-state index in [1.54, 1.807) is 24.1 Å². The van der Waals surface area contributed by atoms with Crippen LogP contribution in [-0.4, -0.2) is 32.4 Å². The summed E-state index contributed by atoms with van der Waals surface area (Å²) in [6, 6.07) is 0. The Morgan fingerprint density at radius 3 is 2.94 bits per heavy atom. The molecule has 0 aromatic carbocycles. The van der Waals surface area contributed by atoms with Crippen molar-refractivity contribution in [3.05, 3.63) is 35.4 Å². The maximum absolute atomic E-state index is 11.7. The zero-order chi connectivity index (χ0) is 13.0. The van der Waals surface area contributed by atoms with Gasteiger partial charge in [-0.3, -0.25) is 14.6 Å². The lowest BCUT2D eigenvalue weighted by Crippen LogP contribution is -2.24. The predicted molar refractivity (Wildman–Crippen MR) is 67.2 cm³/mol. The van der Waals surface area contributed by atoms with Crippen molar-refractivity contribution in [1.29, 1.82) is 0 Å². The monoisotopic (exact) mass is 247 g/mol. The molecule has 18 heavy (non-hydrogen) atoms. The summed E-state index contributed by atoms with van der Waals surface area (Å²) in [5.74, 6) is -0.0768. The number of rotatable bonds is 5. The summed E-state index contributed by atoms with van der Waals surface area (Å²) in [4.78, 5) is 11.7. The minimum absolute atomic E-state index is 0.0768. The molecule has 2 aromatic heterocycles. The van der Waals surface area contributed by atoms with Gasteiger partial charge in [0.2, 0.25) is 0 Å². The lowest BCUT2D eigenvalue weighted by Gasteiger charge is -2.03. The van der Waals surface area contributed by atoms with Crippen molar-refractivity contribution in [2.75, 3.05) is 6.54 Å². The van der Waals surface area contributed by atoms with Gasteiger partial charge in [-0.25, -0.2) is 0 Å². The number of carbonyl (C=O) groups is 1. The number of aryl methyl sites for hydroxylation is 3. The van der Waals surface area contributed by atoms with Gasteiger partial charge in [-0.05, 0) is 25.3 Å². The largest absolute Gasteiger partial charge is 0.352 e. The van der Waals surface area contributed by atoms with Crippen LogP contribution in [0.1, 0.15) is 28.0 Å². The molecule has 0 spiro atoms. The molecule has 2 rings (SSSR count). The molecular weight excluding hydrogens is 230 g/mol. The van der Waals surface area contributed by atoms with Crippen molar-refractivity contribution < 1.29 is 4.79 Å². The Morgan fingerprint density at radius 1 is 1.50 bits per heavy atom. The molecule has 6 nitrogen and oxygen atoms in total. The Kier molecular flexibility index (Phi) is 3.76. The van der Waals surface area contributed by atoms with E-state index >= 15 is 0 Å². The molecule has 1 amide bonds. The number of carbonyl (C=O) groups excluding carboxylic acids is 1. The number of nitrogens with zero attached hydrogens (tertiary/aromatic N) is 3. The van der Waals surface area contributed by atoms with E-state index < -0.39 is 0 Å². The molecule has 2 N–H and O–H groups in total. The van der Waals surface area contributed by atoms with Gasteiger partial charge in [-0.2, -0.15) is 10.2 Å². The summed E-state index contributed by atoms with van der Waals surface area (Å²) in [6.07, 6.45) is 6.91. The molecule has 2 heterocycles. The maximum Gasteiger partial charge on any atom is 0.254 e. The maximum atomic E-state index is 11.7. The molecule has 0 atom stereocenters. The van der Waals surface area contributed by atoms with E-state index in [0.717, 1.165) is 18.5 Å². The number of hydrogen-bond acceptors (Lipinski definition) is 3. The minimum Gasteiger partial charge on any atom is -0.352 e. The molecule has 0 saturated carbocycles. The molecule has 0 fully saturated rings. The molecule has 6 heteroatoms. The minimum atomic E-state index is -0.0768. The first-order valence-corrected chi connectivity index (χ1v) is 5.92. The smallest absolute Gasteiger partial charge is 0.254 e. The van der Waals surface area contributed by atoms with Crippen LogP contribution in [0.4, 0.5) is 0 Å². The fraction of sp³-hybridized carbons (Fsp3) is 0.417. The van der Waals surface area contributed by atoms with Gasteiger partial charge in [0, 0.05) is 25.5 Å². The fourth-order valence-corrected chi connectivity index (χ4v) is 1.75. The Labute approximate surface area is 105 Å². The van der Waals surface area contributed by atoms with Gasteiger partial charge in [0.25, 0.3) is 5.91 Å². The third kappa shape index (κ3) is 2.97. The molecule has 0 aliphatic heterocycles. The molecule has 0 bridgehead atoms. The van der Waals surface area contributed by atoms with Crippen molar-refractivity contribution >= 4 is 5.91 Å². The van der Waals surface area contributed by atoms with Crippen molar-refractivity contribution in [1.82, 2.24) is 25.3 Å². The van der Waals surface area contributed by atoms with E-state index in [2.05, 4.69) is 20.6 Å². The van der Waals surface area contributed by atoms with Crippen LogP contribution < -0.4 is 5.32 Å². The van der Waals surface area contributed by atoms with Crippen LogP contribution in [0.3, 0.4) is 0 Å². The van der Waals surface area contributed by atoms with E-state index in [9.17, 15) is 4.79 Å². The average Bonchev–Trinajstić information content (AvgIpc) is 2.94. The highest BCUT2D eigenvalue weighted by Crippen LogP contribution is 2.05. The SMILES string of the molecule is Cc1[nH]ncc1CCCNC(=O)c1cnn(C)c1. The van der Waals surface area contributed by atoms with Crippen molar-refractivity contribution in [2.24, 2.45) is 7.05 Å². The van der Waals surface area contributed by atoms with Crippen molar-refractivity contribution in [2.45, 2.75) is 19.8 Å². The van der Waals surface area contributed by atoms with Gasteiger partial charge in [-0.1, -0.05) is 0 Å². The standard InChI is InChI=1S/C12H17N5O/c1-9-10(6-14-16-9)4-3-5-13-12(18)11-7-15-17(2)8-11/h6-8H,3-5H2,1-2H3,(H,13,18)(H,14,16). The molecule has 0 unspecified atom stereocenters. The number of aromatic amines is 1. The second kappa shape index (κ2) is 5.48. The van der Waals surface area contributed by atoms with E-state index in [-0.39, 0.29) is 5.91 Å². The Hall–Kier alpha value is -2.11. The fourth-order valence-electron chi connectivity index (χ4n) is 1.75. The van der Waals surface area contributed by atoms with Crippen molar-refractivity contribution in [3.63, 3.8) is 0 Å². The normalized spacial score (nSPS) is 10.6. The summed E-state index contributed by atoms with van der Waals surface area (Å²) in [6.45, 7) is 2.65. The lowest BCUT2D eigenvalue weighted by molar-refractivity contribution is 0.0953. The highest BCUT2D eigenvalue weighted by Gasteiger charge is 2.06. The van der Waals surface area contributed by atoms with Gasteiger partial charge in [0.1, 0.15) is 0 Å². The third-order valence-corrected chi connectivity index (χ3v) is 2.81. The summed E-state index contributed by atoms with van der Waals surface area (Å²) < 4.78 is 1.61. The molecular formula is C12H17N5O. The van der Waals surface area contributed by atoms with Crippen LogP contribution in [0.5, 0.6) is 0 Å². The second-order valence-electron chi connectivity index (χ2n) is 4.28. The second-order valence-corrected chi connectivity index (χ2v) is 4.28. The van der Waals surface area contributed by atoms with Gasteiger partial charge < -0.3 is 5.32 Å². The van der Waals surface area contributed by atoms with E-state index in [4.69, 9.17) is 0 Å². The predicted octanol–water partition coefficient (Wildman–Crippen LogP) is 0.814. The highest BCUT2D eigenvalue weighted by molar-refractivity contribution is 5.93. The third-order valence-electron chi connectivity index (χ3n) is 2.81. The van der Waals surface area contributed by atoms with E-state index in [0.29, 0.717) is 12.1 Å². The summed E-state index contributed by atoms with van der Waals surface area (Å²) in [5.41, 5.74) is 2.89. The van der Waals surface area contributed by atoms with E-state index in [1.165, 1.54) is 5.56 Å². The Morgan fingerprint density at radius 2 is 2.33 bits per heavy atom. The van der Waals surface area contributed by atoms with Gasteiger partial charge in [0.05, 0.1) is 18.0 Å². The molecule has 0 saturated heterocycles. The molecule has 0 radical (unpaired) electrons. The Balaban J connectivity index is 1.73. The molecule has 2 aromatic rings. The first-order valence-electron chi connectivity index (χ1n) is 5.92. The lowest BCUT2D eigenvalue weighted by atomic mass is 10.1. The van der Waals surface area contributed by atoms with Crippen LogP contribution in [0.2, 0.25) is 0 Å². The van der Waals surface area contributed by atoms with Crippen molar-refractivity contribution in [3.8, 4) is 0 Å². The number of aromatic nitrogens is 4. The number of H-pyrrole nitrogens is 1. The average molecular weight is 247 g/mol. The summed E-state index contributed by atoms with van der Waals surface area (Å²) in [7, 11) is 1.79. The Bertz CT molecular complexity index is 528. The van der Waals surface area contributed by atoms with Crippen LogP contribution in [0.25, 0.3) is 0 Å². The van der Waals surface area contributed by atoms with Crippen LogP contribution in [0, 0.1) is 6.92 Å². The van der Waals surface area contributed by atoms with Crippen LogP contribution in [0.15, 0.2) is 18.6 Å². The zero-order valence-electron chi connectivity index (χ0n) is 10.6. The first kappa shape index (κ1) is 12.3. The highest BCUT2D eigenvalue weighted by atomic mass is 16.1. The number of nitrogens with one attached hydrogen (secondary N) is 2. The number of amides is 1. The number of hydrogen-bond donors (Lipinski definition) is 2. The molecule has 0 aliphatic carbocycles. The van der Waals surface area contributed by atoms with Crippen LogP contribution in [-0.2, 0) is 13.5 Å². The van der Waals surface area contributed by atoms with Gasteiger partial charge >= 0.3 is 0 Å². The van der Waals surface area contributed by atoms with Gasteiger partial charge in [-0.15, -0.1) is 0 Å². The zero-order valence-corrected chi connectivity index (χ0v) is 10.6. The molecule has 96 valence electrons. The topological polar surface area (TPSA) is 75.6 Å². The summed E-state index contributed by atoms with van der Waals surface area (Å²) >= 11 is 0. The first-order chi connectivity index (χ1) is 8.66. The van der Waals surface area contributed by atoms with Gasteiger partial charge in [0.15, 0.2) is 0 Å². The quantitative estimate of drug-likeness (QED) is 0.768.